The predicted molar refractivity (Wildman–Crippen MR) is 63.2 cm³/mol. The van der Waals surface area contributed by atoms with Crippen LogP contribution in [0, 0.1) is 0 Å². The van der Waals surface area contributed by atoms with Crippen LogP contribution in [0.2, 0.25) is 0 Å². The minimum absolute atomic E-state index is 0.237. The van der Waals surface area contributed by atoms with Crippen molar-refractivity contribution in [2.45, 2.75) is 13.3 Å². The molecule has 0 aliphatic rings. The first-order valence-corrected chi connectivity index (χ1v) is 5.64. The molecule has 0 spiro atoms. The van der Waals surface area contributed by atoms with Crippen LogP contribution >= 0.6 is 0 Å². The van der Waals surface area contributed by atoms with Gasteiger partial charge in [0.1, 0.15) is 0 Å². The topological polar surface area (TPSA) is 67.6 Å². The van der Waals surface area contributed by atoms with Gasteiger partial charge in [-0.25, -0.2) is 0 Å². The highest BCUT2D eigenvalue weighted by Gasteiger charge is 2.11. The lowest BCUT2D eigenvalue weighted by molar-refractivity contribution is 0.0942. The number of aromatic nitrogens is 1. The van der Waals surface area contributed by atoms with Gasteiger partial charge in [-0.15, -0.1) is 0 Å². The highest BCUT2D eigenvalue weighted by Crippen LogP contribution is 2.10. The molecule has 0 saturated heterocycles. The first-order chi connectivity index (χ1) is 8.17. The summed E-state index contributed by atoms with van der Waals surface area (Å²) >= 11 is 0. The molecule has 1 aromatic heterocycles. The van der Waals surface area contributed by atoms with Gasteiger partial charge in [-0.1, -0.05) is 12.1 Å². The highest BCUT2D eigenvalue weighted by atomic mass is 16.6. The molecule has 6 heteroatoms. The van der Waals surface area contributed by atoms with Gasteiger partial charge >= 0.3 is 5.95 Å². The van der Waals surface area contributed by atoms with Gasteiger partial charge in [-0.2, -0.15) is 0 Å². The van der Waals surface area contributed by atoms with Crippen molar-refractivity contribution in [3.63, 3.8) is 0 Å². The Hall–Kier alpha value is -1.56. The molecule has 0 fully saturated rings. The molecular weight excluding hydrogens is 222 g/mol. The summed E-state index contributed by atoms with van der Waals surface area (Å²) in [6, 6.07) is 1.47. The van der Waals surface area contributed by atoms with Crippen LogP contribution in [0.1, 0.15) is 23.8 Å². The minimum atomic E-state index is -0.240. The van der Waals surface area contributed by atoms with Crippen LogP contribution in [-0.2, 0) is 0 Å². The summed E-state index contributed by atoms with van der Waals surface area (Å²) < 4.78 is 9.56. The molecule has 0 aromatic carbocycles. The molecule has 0 unspecified atom stereocenters. The smallest absolute Gasteiger partial charge is 0.311 e. The third-order valence-electron chi connectivity index (χ3n) is 2.46. The quantitative estimate of drug-likeness (QED) is 0.714. The number of methoxy groups -OCH3 is 1. The van der Waals surface area contributed by atoms with Gasteiger partial charge in [0.25, 0.3) is 5.91 Å². The minimum Gasteiger partial charge on any atom is -0.467 e. The summed E-state index contributed by atoms with van der Waals surface area (Å²) in [6.45, 7) is 4.69. The maximum absolute atomic E-state index is 11.6. The van der Waals surface area contributed by atoms with Gasteiger partial charge in [0.15, 0.2) is 5.69 Å². The predicted octanol–water partition coefficient (Wildman–Crippen LogP) is 0.755. The molecule has 1 heterocycles. The lowest BCUT2D eigenvalue weighted by Crippen LogP contribution is -2.28. The molecule has 6 nitrogen and oxygen atoms in total. The summed E-state index contributed by atoms with van der Waals surface area (Å²) in [6.07, 6.45) is 0.908. The van der Waals surface area contributed by atoms with Gasteiger partial charge in [0.2, 0.25) is 0 Å². The number of ether oxygens (including phenoxy) is 1. The zero-order chi connectivity index (χ0) is 12.7. The Morgan fingerprint density at radius 2 is 2.41 bits per heavy atom. The maximum atomic E-state index is 11.6. The van der Waals surface area contributed by atoms with Crippen molar-refractivity contribution < 1.29 is 14.1 Å². The summed E-state index contributed by atoms with van der Waals surface area (Å²) in [5.41, 5.74) is 0.241. The van der Waals surface area contributed by atoms with Gasteiger partial charge in [-0.05, 0) is 26.6 Å². The summed E-state index contributed by atoms with van der Waals surface area (Å²) in [7, 11) is 3.51. The van der Waals surface area contributed by atoms with E-state index in [-0.39, 0.29) is 17.5 Å². The van der Waals surface area contributed by atoms with Crippen molar-refractivity contribution in [2.75, 3.05) is 33.8 Å². The van der Waals surface area contributed by atoms with E-state index in [0.29, 0.717) is 6.54 Å². The zero-order valence-corrected chi connectivity index (χ0v) is 10.5. The number of carbonyl (C=O) groups excluding carboxylic acids is 1. The van der Waals surface area contributed by atoms with Crippen LogP contribution in [0.25, 0.3) is 0 Å². The molecule has 1 amide bonds. The van der Waals surface area contributed by atoms with E-state index in [2.05, 4.69) is 22.3 Å². The summed E-state index contributed by atoms with van der Waals surface area (Å²) in [5, 5.41) is 6.37. The van der Waals surface area contributed by atoms with Crippen LogP contribution < -0.4 is 10.1 Å². The number of amides is 1. The normalized spacial score (nSPS) is 10.6. The molecule has 96 valence electrons. The van der Waals surface area contributed by atoms with Crippen LogP contribution in [0.5, 0.6) is 5.95 Å². The third-order valence-corrected chi connectivity index (χ3v) is 2.46. The molecule has 0 bridgehead atoms. The van der Waals surface area contributed by atoms with E-state index in [1.165, 1.54) is 13.2 Å². The van der Waals surface area contributed by atoms with Gasteiger partial charge < -0.3 is 19.5 Å². The SMILES string of the molecule is CCN(C)CCCNC(=O)c1cc(OC)on1. The molecule has 0 saturated carbocycles. The van der Waals surface area contributed by atoms with Crippen LogP contribution in [0.15, 0.2) is 10.6 Å². The Labute approximate surface area is 101 Å². The fourth-order valence-corrected chi connectivity index (χ4v) is 1.26. The Morgan fingerprint density at radius 3 is 3.00 bits per heavy atom. The molecular formula is C11H19N3O3. The lowest BCUT2D eigenvalue weighted by Gasteiger charge is -2.13. The Bertz CT molecular complexity index is 351. The summed E-state index contributed by atoms with van der Waals surface area (Å²) in [5.74, 6) is -0.00271. The van der Waals surface area contributed by atoms with Crippen molar-refractivity contribution in [1.29, 1.82) is 0 Å². The number of rotatable bonds is 7. The zero-order valence-electron chi connectivity index (χ0n) is 10.5. The fourth-order valence-electron chi connectivity index (χ4n) is 1.26. The number of hydrogen-bond acceptors (Lipinski definition) is 5. The molecule has 0 aliphatic carbocycles. The van der Waals surface area contributed by atoms with E-state index in [0.717, 1.165) is 19.5 Å². The second kappa shape index (κ2) is 6.90. The average Bonchev–Trinajstić information content (AvgIpc) is 2.82. The Kier molecular flexibility index (Phi) is 5.48. The van der Waals surface area contributed by atoms with Crippen molar-refractivity contribution >= 4 is 5.91 Å². The van der Waals surface area contributed by atoms with E-state index >= 15 is 0 Å². The molecule has 1 N–H and O–H groups in total. The second-order valence-corrected chi connectivity index (χ2v) is 3.74. The monoisotopic (exact) mass is 241 g/mol. The van der Waals surface area contributed by atoms with Crippen molar-refractivity contribution in [3.8, 4) is 5.95 Å². The van der Waals surface area contributed by atoms with E-state index < -0.39 is 0 Å². The van der Waals surface area contributed by atoms with E-state index in [4.69, 9.17) is 9.26 Å². The Balaban J connectivity index is 2.25. The van der Waals surface area contributed by atoms with Crippen molar-refractivity contribution in [3.05, 3.63) is 11.8 Å². The van der Waals surface area contributed by atoms with Crippen molar-refractivity contribution in [1.82, 2.24) is 15.4 Å². The highest BCUT2D eigenvalue weighted by molar-refractivity contribution is 5.92. The van der Waals surface area contributed by atoms with Gasteiger partial charge in [0.05, 0.1) is 13.2 Å². The van der Waals surface area contributed by atoms with Gasteiger partial charge in [-0.3, -0.25) is 4.79 Å². The second-order valence-electron chi connectivity index (χ2n) is 3.74. The van der Waals surface area contributed by atoms with Crippen LogP contribution in [0.4, 0.5) is 0 Å². The maximum Gasteiger partial charge on any atom is 0.311 e. The van der Waals surface area contributed by atoms with Crippen LogP contribution in [-0.4, -0.2) is 49.8 Å². The molecule has 0 radical (unpaired) electrons. The third kappa shape index (κ3) is 4.44. The summed E-state index contributed by atoms with van der Waals surface area (Å²) in [4.78, 5) is 13.8. The average molecular weight is 241 g/mol. The van der Waals surface area contributed by atoms with E-state index in [1.807, 2.05) is 7.05 Å². The number of carbonyl (C=O) groups is 1. The fraction of sp³-hybridized carbons (Fsp3) is 0.636. The molecule has 17 heavy (non-hydrogen) atoms. The lowest BCUT2D eigenvalue weighted by atomic mass is 10.3. The van der Waals surface area contributed by atoms with E-state index in [9.17, 15) is 4.79 Å². The molecule has 0 aliphatic heterocycles. The Morgan fingerprint density at radius 1 is 1.65 bits per heavy atom. The number of hydrogen-bond donors (Lipinski definition) is 1. The first-order valence-electron chi connectivity index (χ1n) is 5.64. The number of nitrogens with zero attached hydrogens (tertiary/aromatic N) is 2. The molecule has 1 rings (SSSR count). The van der Waals surface area contributed by atoms with Gasteiger partial charge in [0, 0.05) is 6.54 Å². The van der Waals surface area contributed by atoms with Crippen molar-refractivity contribution in [2.24, 2.45) is 0 Å². The standard InChI is InChI=1S/C11H19N3O3/c1-4-14(2)7-5-6-12-11(15)9-8-10(16-3)17-13-9/h8H,4-7H2,1-3H3,(H,12,15). The van der Waals surface area contributed by atoms with E-state index in [1.54, 1.807) is 0 Å². The largest absolute Gasteiger partial charge is 0.467 e. The number of nitrogens with one attached hydrogen (secondary N) is 1. The van der Waals surface area contributed by atoms with Crippen LogP contribution in [0.3, 0.4) is 0 Å². The molecule has 1 aromatic rings. The molecule has 0 atom stereocenters. The first kappa shape index (κ1) is 13.5.